The van der Waals surface area contributed by atoms with Gasteiger partial charge in [-0.25, -0.2) is 4.79 Å². The Morgan fingerprint density at radius 2 is 1.40 bits per heavy atom. The van der Waals surface area contributed by atoms with Gasteiger partial charge in [0.25, 0.3) is 0 Å². The molecule has 0 atom stereocenters. The molecule has 0 aliphatic heterocycles. The van der Waals surface area contributed by atoms with Gasteiger partial charge in [-0.1, -0.05) is 13.8 Å². The van der Waals surface area contributed by atoms with E-state index in [0.29, 0.717) is 0 Å². The first-order valence-electron chi connectivity index (χ1n) is 4.71. The number of amides is 2. The molecule has 3 N–H and O–H groups in total. The fourth-order valence-electron chi connectivity index (χ4n) is 0.873. The number of hydrogen-bond acceptors (Lipinski definition) is 3. The van der Waals surface area contributed by atoms with Gasteiger partial charge >= 0.3 is 5.97 Å². The molecule has 0 fully saturated rings. The summed E-state index contributed by atoms with van der Waals surface area (Å²) in [4.78, 5) is 33.0. The second kappa shape index (κ2) is 5.33. The normalized spacial score (nSPS) is 10.6. The topological polar surface area (TPSA) is 95.5 Å². The van der Waals surface area contributed by atoms with Crippen LogP contribution in [-0.4, -0.2) is 28.6 Å². The fourth-order valence-corrected chi connectivity index (χ4v) is 0.873. The minimum Gasteiger partial charge on any atom is -0.478 e. The molecule has 0 aliphatic rings. The Kier molecular flexibility index (Phi) is 4.77. The second-order valence-electron chi connectivity index (χ2n) is 3.23. The largest absolute Gasteiger partial charge is 0.478 e. The third-order valence-electron chi connectivity index (χ3n) is 1.85. The Morgan fingerprint density at radius 3 is 1.60 bits per heavy atom. The Hall–Kier alpha value is -1.59. The zero-order chi connectivity index (χ0) is 12.1. The van der Waals surface area contributed by atoms with E-state index >= 15 is 0 Å². The maximum Gasteiger partial charge on any atom is 0.350 e. The van der Waals surface area contributed by atoms with Crippen LogP contribution in [0.1, 0.15) is 33.6 Å². The lowest BCUT2D eigenvalue weighted by atomic mass is 10.2. The van der Waals surface area contributed by atoms with Gasteiger partial charge in [-0.05, 0) is 6.92 Å². The predicted molar refractivity (Wildman–Crippen MR) is 52.9 cm³/mol. The first kappa shape index (κ1) is 13.4. The van der Waals surface area contributed by atoms with Gasteiger partial charge in [-0.15, -0.1) is 0 Å². The number of hydrogen-bond donors (Lipinski definition) is 3. The summed E-state index contributed by atoms with van der Waals surface area (Å²) >= 11 is 0. The number of nitrogens with one attached hydrogen (secondary N) is 2. The average Bonchev–Trinajstić information content (AvgIpc) is 2.16. The molecule has 0 saturated carbocycles. The van der Waals surface area contributed by atoms with Crippen LogP contribution < -0.4 is 10.6 Å². The summed E-state index contributed by atoms with van der Waals surface area (Å²) in [6.45, 7) is 4.43. The van der Waals surface area contributed by atoms with E-state index in [1.165, 1.54) is 6.92 Å². The molecular weight excluding hydrogens is 200 g/mol. The highest BCUT2D eigenvalue weighted by Crippen LogP contribution is 2.00. The molecule has 0 aromatic carbocycles. The van der Waals surface area contributed by atoms with Crippen LogP contribution in [0, 0.1) is 0 Å². The molecule has 0 saturated heterocycles. The minimum absolute atomic E-state index is 0.158. The summed E-state index contributed by atoms with van der Waals surface area (Å²) in [6.07, 6.45) is 0.315. The standard InChI is InChI=1S/C9H16N2O4/c1-4-6(12)10-9(3,8(14)15)11-7(13)5-2/h4-5H2,1-3H3,(H,10,12)(H,11,13)(H,14,15). The highest BCUT2D eigenvalue weighted by Gasteiger charge is 2.35. The number of carboxylic acid groups (broad SMARTS) is 1. The molecule has 0 aromatic rings. The minimum atomic E-state index is -1.74. The summed E-state index contributed by atoms with van der Waals surface area (Å²) in [5.74, 6) is -2.17. The van der Waals surface area contributed by atoms with Gasteiger partial charge in [0, 0.05) is 12.8 Å². The molecule has 6 heteroatoms. The van der Waals surface area contributed by atoms with Crippen LogP contribution in [0.25, 0.3) is 0 Å². The summed E-state index contributed by atoms with van der Waals surface area (Å²) < 4.78 is 0. The molecule has 0 spiro atoms. The number of rotatable bonds is 5. The molecule has 86 valence electrons. The van der Waals surface area contributed by atoms with E-state index in [4.69, 9.17) is 5.11 Å². The first-order chi connectivity index (χ1) is 6.85. The van der Waals surface area contributed by atoms with E-state index in [0.717, 1.165) is 0 Å². The van der Waals surface area contributed by atoms with E-state index in [9.17, 15) is 14.4 Å². The highest BCUT2D eigenvalue weighted by molar-refractivity contribution is 5.90. The zero-order valence-corrected chi connectivity index (χ0v) is 9.09. The predicted octanol–water partition coefficient (Wildman–Crippen LogP) is -0.160. The molecule has 0 heterocycles. The van der Waals surface area contributed by atoms with Crippen molar-refractivity contribution in [3.63, 3.8) is 0 Å². The summed E-state index contributed by atoms with van der Waals surface area (Å²) in [7, 11) is 0. The lowest BCUT2D eigenvalue weighted by Crippen LogP contribution is -2.63. The summed E-state index contributed by atoms with van der Waals surface area (Å²) in [5, 5.41) is 13.4. The third-order valence-corrected chi connectivity index (χ3v) is 1.85. The van der Waals surface area contributed by atoms with Crippen LogP contribution in [0.4, 0.5) is 0 Å². The quantitative estimate of drug-likeness (QED) is 0.556. The number of carbonyl (C=O) groups is 3. The SMILES string of the molecule is CCC(=O)NC(C)(NC(=O)CC)C(=O)O. The van der Waals surface area contributed by atoms with Crippen molar-refractivity contribution in [2.75, 3.05) is 0 Å². The van der Waals surface area contributed by atoms with Crippen molar-refractivity contribution in [1.29, 1.82) is 0 Å². The van der Waals surface area contributed by atoms with Gasteiger partial charge in [-0.3, -0.25) is 9.59 Å². The number of aliphatic carboxylic acids is 1. The van der Waals surface area contributed by atoms with Crippen LogP contribution in [-0.2, 0) is 14.4 Å². The molecule has 0 rings (SSSR count). The Labute approximate surface area is 88.0 Å². The molecule has 0 unspecified atom stereocenters. The fraction of sp³-hybridized carbons (Fsp3) is 0.667. The molecule has 0 radical (unpaired) electrons. The van der Waals surface area contributed by atoms with Gasteiger partial charge < -0.3 is 15.7 Å². The van der Waals surface area contributed by atoms with Crippen molar-refractivity contribution in [2.24, 2.45) is 0 Å². The smallest absolute Gasteiger partial charge is 0.350 e. The van der Waals surface area contributed by atoms with E-state index in [1.54, 1.807) is 13.8 Å². The molecule has 2 amide bonds. The van der Waals surface area contributed by atoms with E-state index in [1.807, 2.05) is 0 Å². The maximum absolute atomic E-state index is 11.1. The maximum atomic E-state index is 11.1. The van der Waals surface area contributed by atoms with Crippen molar-refractivity contribution >= 4 is 17.8 Å². The van der Waals surface area contributed by atoms with Gasteiger partial charge in [-0.2, -0.15) is 0 Å². The van der Waals surface area contributed by atoms with Crippen LogP contribution in [0.5, 0.6) is 0 Å². The van der Waals surface area contributed by atoms with Gasteiger partial charge in [0.2, 0.25) is 17.5 Å². The summed E-state index contributed by atoms with van der Waals surface area (Å²) in [6, 6.07) is 0. The molecule has 15 heavy (non-hydrogen) atoms. The Morgan fingerprint density at radius 1 is 1.07 bits per heavy atom. The van der Waals surface area contributed by atoms with Crippen LogP contribution >= 0.6 is 0 Å². The van der Waals surface area contributed by atoms with Crippen LogP contribution in [0.15, 0.2) is 0 Å². The second-order valence-corrected chi connectivity index (χ2v) is 3.23. The first-order valence-corrected chi connectivity index (χ1v) is 4.71. The van der Waals surface area contributed by atoms with Gasteiger partial charge in [0.1, 0.15) is 0 Å². The monoisotopic (exact) mass is 216 g/mol. The van der Waals surface area contributed by atoms with E-state index in [-0.39, 0.29) is 12.8 Å². The highest BCUT2D eigenvalue weighted by atomic mass is 16.4. The molecule has 0 bridgehead atoms. The average molecular weight is 216 g/mol. The molecule has 6 nitrogen and oxygen atoms in total. The van der Waals surface area contributed by atoms with E-state index < -0.39 is 23.4 Å². The molecule has 0 aromatic heterocycles. The van der Waals surface area contributed by atoms with E-state index in [2.05, 4.69) is 10.6 Å². The lowest BCUT2D eigenvalue weighted by Gasteiger charge is -2.27. The third kappa shape index (κ3) is 3.97. The van der Waals surface area contributed by atoms with Gasteiger partial charge in [0.15, 0.2) is 0 Å². The van der Waals surface area contributed by atoms with Crippen molar-refractivity contribution in [1.82, 2.24) is 10.6 Å². The Balaban J connectivity index is 4.67. The number of carboxylic acids is 1. The van der Waals surface area contributed by atoms with Gasteiger partial charge in [0.05, 0.1) is 0 Å². The zero-order valence-electron chi connectivity index (χ0n) is 9.09. The van der Waals surface area contributed by atoms with Crippen molar-refractivity contribution < 1.29 is 19.5 Å². The molecular formula is C9H16N2O4. The summed E-state index contributed by atoms with van der Waals surface area (Å²) in [5.41, 5.74) is -1.74. The van der Waals surface area contributed by atoms with Crippen molar-refractivity contribution in [2.45, 2.75) is 39.3 Å². The Bertz CT molecular complexity index is 257. The number of carbonyl (C=O) groups excluding carboxylic acids is 2. The van der Waals surface area contributed by atoms with Crippen molar-refractivity contribution in [3.8, 4) is 0 Å². The lowest BCUT2D eigenvalue weighted by molar-refractivity contribution is -0.150. The van der Waals surface area contributed by atoms with Crippen LogP contribution in [0.2, 0.25) is 0 Å². The van der Waals surface area contributed by atoms with Crippen molar-refractivity contribution in [3.05, 3.63) is 0 Å². The van der Waals surface area contributed by atoms with Crippen LogP contribution in [0.3, 0.4) is 0 Å². The molecule has 0 aliphatic carbocycles.